The first-order valence-electron chi connectivity index (χ1n) is 9.03. The van der Waals surface area contributed by atoms with E-state index in [4.69, 9.17) is 9.29 Å². The van der Waals surface area contributed by atoms with Gasteiger partial charge in [-0.05, 0) is 57.0 Å². The van der Waals surface area contributed by atoms with Crippen LogP contribution in [0.3, 0.4) is 0 Å². The summed E-state index contributed by atoms with van der Waals surface area (Å²) in [5, 5.41) is 0. The average molecular weight is 475 g/mol. The number of sulfonamides is 1. The Hall–Kier alpha value is -2.70. The van der Waals surface area contributed by atoms with Crippen LogP contribution in [-0.4, -0.2) is 43.9 Å². The second kappa shape index (κ2) is 9.20. The van der Waals surface area contributed by atoms with E-state index in [0.717, 1.165) is 12.1 Å². The molecule has 0 spiro atoms. The third kappa shape index (κ3) is 7.19. The Morgan fingerprint density at radius 1 is 1.06 bits per heavy atom. The largest absolute Gasteiger partial charge is 0.443 e. The molecule has 170 valence electrons. The van der Waals surface area contributed by atoms with Crippen LogP contribution in [0.25, 0.3) is 0 Å². The van der Waals surface area contributed by atoms with E-state index in [1.54, 1.807) is 20.8 Å². The number of benzene rings is 2. The number of anilines is 1. The van der Waals surface area contributed by atoms with Crippen molar-refractivity contribution in [2.24, 2.45) is 0 Å². The molecule has 9 nitrogen and oxygen atoms in total. The molecule has 2 aromatic carbocycles. The maximum absolute atomic E-state index is 14.2. The fourth-order valence-corrected chi connectivity index (χ4v) is 4.32. The number of hydrogen-bond donors (Lipinski definition) is 2. The van der Waals surface area contributed by atoms with E-state index in [2.05, 4.69) is 0 Å². The molecular weight excluding hydrogens is 451 g/mol. The zero-order valence-corrected chi connectivity index (χ0v) is 18.7. The first kappa shape index (κ1) is 24.6. The SMILES string of the molecule is CC(C)(C)OC(=O)N(CCc1ccc(NS(=O)(=O)O)cc1)S(=O)(=O)c1ccccc1F. The number of halogens is 1. The Labute approximate surface area is 180 Å². The fourth-order valence-electron chi connectivity index (χ4n) is 2.51. The molecule has 0 saturated carbocycles. The van der Waals surface area contributed by atoms with Gasteiger partial charge in [-0.1, -0.05) is 24.3 Å². The van der Waals surface area contributed by atoms with E-state index in [1.807, 2.05) is 4.72 Å². The Bertz CT molecular complexity index is 1140. The maximum atomic E-state index is 14.2. The van der Waals surface area contributed by atoms with E-state index >= 15 is 0 Å². The summed E-state index contributed by atoms with van der Waals surface area (Å²) in [7, 11) is -8.98. The summed E-state index contributed by atoms with van der Waals surface area (Å²) in [5.74, 6) is -1.00. The van der Waals surface area contributed by atoms with E-state index in [1.165, 1.54) is 36.4 Å². The van der Waals surface area contributed by atoms with Crippen molar-refractivity contribution in [3.63, 3.8) is 0 Å². The molecule has 1 amide bonds. The van der Waals surface area contributed by atoms with Gasteiger partial charge in [0.2, 0.25) is 0 Å². The summed E-state index contributed by atoms with van der Waals surface area (Å²) in [6.07, 6.45) is -1.11. The molecule has 0 aliphatic heterocycles. The lowest BCUT2D eigenvalue weighted by molar-refractivity contribution is 0.0392. The third-order valence-corrected chi connectivity index (χ3v) is 6.10. The molecule has 2 aromatic rings. The van der Waals surface area contributed by atoms with E-state index < -0.39 is 42.7 Å². The molecule has 0 aliphatic carbocycles. The maximum Gasteiger partial charge on any atom is 0.424 e. The van der Waals surface area contributed by atoms with Crippen molar-refractivity contribution in [3.8, 4) is 0 Å². The Morgan fingerprint density at radius 2 is 1.65 bits per heavy atom. The van der Waals surface area contributed by atoms with Crippen molar-refractivity contribution in [1.82, 2.24) is 4.31 Å². The molecular formula is C19H23FN2O7S2. The monoisotopic (exact) mass is 474 g/mol. The molecule has 2 rings (SSSR count). The second-order valence-electron chi connectivity index (χ2n) is 7.51. The summed E-state index contributed by atoms with van der Waals surface area (Å²) >= 11 is 0. The lowest BCUT2D eigenvalue weighted by Gasteiger charge is -2.27. The van der Waals surface area contributed by atoms with Gasteiger partial charge in [-0.25, -0.2) is 17.6 Å². The molecule has 0 unspecified atom stereocenters. The first-order valence-corrected chi connectivity index (χ1v) is 11.9. The van der Waals surface area contributed by atoms with Crippen molar-refractivity contribution in [2.45, 2.75) is 37.7 Å². The van der Waals surface area contributed by atoms with Crippen LogP contribution >= 0.6 is 0 Å². The summed E-state index contributed by atoms with van der Waals surface area (Å²) in [4.78, 5) is 12.0. The minimum Gasteiger partial charge on any atom is -0.443 e. The Balaban J connectivity index is 2.30. The van der Waals surface area contributed by atoms with Crippen LogP contribution in [-0.2, 0) is 31.5 Å². The number of hydrogen-bond acceptors (Lipinski definition) is 6. The highest BCUT2D eigenvalue weighted by Gasteiger charge is 2.34. The van der Waals surface area contributed by atoms with Crippen molar-refractivity contribution in [2.75, 3.05) is 11.3 Å². The van der Waals surface area contributed by atoms with Crippen LogP contribution in [0, 0.1) is 5.82 Å². The van der Waals surface area contributed by atoms with Crippen LogP contribution in [0.5, 0.6) is 0 Å². The molecule has 0 fully saturated rings. The van der Waals surface area contributed by atoms with Gasteiger partial charge in [0, 0.05) is 6.54 Å². The molecule has 0 bridgehead atoms. The van der Waals surface area contributed by atoms with Crippen molar-refractivity contribution >= 4 is 32.1 Å². The highest BCUT2D eigenvalue weighted by atomic mass is 32.2. The molecule has 2 N–H and O–H groups in total. The zero-order valence-electron chi connectivity index (χ0n) is 17.1. The molecule has 12 heteroatoms. The van der Waals surface area contributed by atoms with Gasteiger partial charge in [0.1, 0.15) is 16.3 Å². The lowest BCUT2D eigenvalue weighted by atomic mass is 10.1. The van der Waals surface area contributed by atoms with Crippen LogP contribution < -0.4 is 4.72 Å². The lowest BCUT2D eigenvalue weighted by Crippen LogP contribution is -2.42. The topological polar surface area (TPSA) is 130 Å². The van der Waals surface area contributed by atoms with Crippen LogP contribution in [0.15, 0.2) is 53.4 Å². The number of nitrogens with zero attached hydrogens (tertiary/aromatic N) is 1. The molecule has 0 saturated heterocycles. The Morgan fingerprint density at radius 3 is 2.16 bits per heavy atom. The van der Waals surface area contributed by atoms with Crippen LogP contribution in [0.2, 0.25) is 0 Å². The smallest absolute Gasteiger partial charge is 0.424 e. The standard InChI is InChI=1S/C19H23FN2O7S2/c1-19(2,3)29-18(23)22(30(24,25)17-7-5-4-6-16(17)20)13-12-14-8-10-15(11-9-14)21-31(26,27)28/h4-11,21H,12-13H2,1-3H3,(H,26,27,28). The van der Waals surface area contributed by atoms with Gasteiger partial charge in [-0.2, -0.15) is 12.7 Å². The van der Waals surface area contributed by atoms with Crippen molar-refractivity contribution in [3.05, 3.63) is 59.9 Å². The summed E-state index contributed by atoms with van der Waals surface area (Å²) in [6, 6.07) is 10.4. The number of carbonyl (C=O) groups is 1. The van der Waals surface area contributed by atoms with Crippen LogP contribution in [0.1, 0.15) is 26.3 Å². The molecule has 0 atom stereocenters. The number of amides is 1. The van der Waals surface area contributed by atoms with Gasteiger partial charge in [0.25, 0.3) is 10.0 Å². The average Bonchev–Trinajstić information content (AvgIpc) is 2.60. The summed E-state index contributed by atoms with van der Waals surface area (Å²) in [6.45, 7) is 4.36. The van der Waals surface area contributed by atoms with Crippen molar-refractivity contribution < 1.29 is 35.3 Å². The quantitative estimate of drug-likeness (QED) is 0.589. The van der Waals surface area contributed by atoms with Crippen molar-refractivity contribution in [1.29, 1.82) is 0 Å². The summed E-state index contributed by atoms with van der Waals surface area (Å²) < 4.78 is 78.2. The van der Waals surface area contributed by atoms with E-state index in [-0.39, 0.29) is 18.7 Å². The van der Waals surface area contributed by atoms with Gasteiger partial charge in [0.15, 0.2) is 0 Å². The summed E-state index contributed by atoms with van der Waals surface area (Å²) in [5.41, 5.74) is -0.337. The van der Waals surface area contributed by atoms with Crippen LogP contribution in [0.4, 0.5) is 14.9 Å². The second-order valence-corrected chi connectivity index (χ2v) is 10.5. The number of ether oxygens (including phenoxy) is 1. The molecule has 0 radical (unpaired) electrons. The van der Waals surface area contributed by atoms with Gasteiger partial charge < -0.3 is 4.74 Å². The fraction of sp³-hybridized carbons (Fsp3) is 0.316. The minimum absolute atomic E-state index is 0.0408. The third-order valence-electron chi connectivity index (χ3n) is 3.81. The predicted octanol–water partition coefficient (Wildman–Crippen LogP) is 3.21. The van der Waals surface area contributed by atoms with Gasteiger partial charge >= 0.3 is 16.4 Å². The molecule has 0 aliphatic rings. The zero-order chi connectivity index (χ0) is 23.4. The first-order chi connectivity index (χ1) is 14.2. The number of rotatable bonds is 7. The predicted molar refractivity (Wildman–Crippen MR) is 112 cm³/mol. The number of carbonyl (C=O) groups excluding carboxylic acids is 1. The molecule has 31 heavy (non-hydrogen) atoms. The molecule has 0 aromatic heterocycles. The normalized spacial score (nSPS) is 12.3. The Kier molecular flexibility index (Phi) is 7.29. The van der Waals surface area contributed by atoms with Gasteiger partial charge in [0.05, 0.1) is 5.69 Å². The highest BCUT2D eigenvalue weighted by molar-refractivity contribution is 7.89. The van der Waals surface area contributed by atoms with E-state index in [9.17, 15) is 26.0 Å². The molecule has 0 heterocycles. The van der Waals surface area contributed by atoms with E-state index in [0.29, 0.717) is 9.87 Å². The van der Waals surface area contributed by atoms with Gasteiger partial charge in [-0.15, -0.1) is 0 Å². The number of nitrogens with one attached hydrogen (secondary N) is 1. The highest BCUT2D eigenvalue weighted by Crippen LogP contribution is 2.22. The minimum atomic E-state index is -4.55. The van der Waals surface area contributed by atoms with Gasteiger partial charge in [-0.3, -0.25) is 9.27 Å².